The van der Waals surface area contributed by atoms with E-state index in [0.717, 1.165) is 0 Å². The van der Waals surface area contributed by atoms with Crippen LogP contribution in [0.3, 0.4) is 0 Å². The average Bonchev–Trinajstić information content (AvgIpc) is 2.18. The average molecular weight is 212 g/mol. The fourth-order valence-electron chi connectivity index (χ4n) is 0.690. The number of carbonyl (C=O) groups is 2. The molecule has 1 aromatic heterocycles. The maximum absolute atomic E-state index is 10.6. The van der Waals surface area contributed by atoms with E-state index in [-0.39, 0.29) is 11.5 Å². The second kappa shape index (κ2) is 4.86. The molecule has 0 unspecified atom stereocenters. The van der Waals surface area contributed by atoms with Crippen molar-refractivity contribution in [2.75, 3.05) is 12.1 Å². The lowest BCUT2D eigenvalue weighted by atomic mass is 10.4. The molecular formula is C7H8N4O4. The van der Waals surface area contributed by atoms with E-state index in [1.54, 1.807) is 0 Å². The Labute approximate surface area is 84.0 Å². The van der Waals surface area contributed by atoms with Gasteiger partial charge in [0.15, 0.2) is 18.1 Å². The number of primary amides is 1. The summed E-state index contributed by atoms with van der Waals surface area (Å²) in [6, 6.07) is 2.72. The predicted octanol–water partition coefficient (Wildman–Crippen LogP) is -0.996. The van der Waals surface area contributed by atoms with Gasteiger partial charge < -0.3 is 10.8 Å². The fraction of sp³-hybridized carbons (Fsp3) is 0.143. The van der Waals surface area contributed by atoms with Crippen molar-refractivity contribution in [1.29, 1.82) is 0 Å². The lowest BCUT2D eigenvalue weighted by Crippen LogP contribution is -2.15. The molecule has 0 radical (unpaired) electrons. The third kappa shape index (κ3) is 3.56. The Morgan fingerprint density at radius 3 is 2.67 bits per heavy atom. The number of aromatic nitrogens is 2. The van der Waals surface area contributed by atoms with Crippen LogP contribution in [0.25, 0.3) is 0 Å². The highest BCUT2D eigenvalue weighted by Gasteiger charge is 2.03. The van der Waals surface area contributed by atoms with Gasteiger partial charge in [0.2, 0.25) is 0 Å². The Kier molecular flexibility index (Phi) is 3.52. The van der Waals surface area contributed by atoms with Crippen molar-refractivity contribution in [3.8, 4) is 0 Å². The maximum Gasteiger partial charge on any atom is 0.332 e. The molecule has 0 fully saturated rings. The molecule has 8 heteroatoms. The number of nitrogens with two attached hydrogens (primary N) is 1. The molecule has 1 amide bonds. The second-order valence-corrected chi connectivity index (χ2v) is 2.45. The smallest absolute Gasteiger partial charge is 0.332 e. The largest absolute Gasteiger partial charge is 0.479 e. The van der Waals surface area contributed by atoms with E-state index >= 15 is 0 Å². The van der Waals surface area contributed by atoms with Crippen LogP contribution < -0.4 is 11.2 Å². The number of hydrogen-bond donors (Lipinski definition) is 3. The highest BCUT2D eigenvalue weighted by atomic mass is 16.7. The van der Waals surface area contributed by atoms with Gasteiger partial charge in [-0.2, -0.15) is 0 Å². The predicted molar refractivity (Wildman–Crippen MR) is 47.8 cm³/mol. The molecule has 0 bridgehead atoms. The van der Waals surface area contributed by atoms with Crippen molar-refractivity contribution in [3.63, 3.8) is 0 Å². The van der Waals surface area contributed by atoms with E-state index in [1.165, 1.54) is 12.1 Å². The minimum Gasteiger partial charge on any atom is -0.479 e. The number of nitrogens with one attached hydrogen (secondary N) is 1. The van der Waals surface area contributed by atoms with E-state index in [0.29, 0.717) is 0 Å². The quantitative estimate of drug-likeness (QED) is 0.534. The van der Waals surface area contributed by atoms with Gasteiger partial charge in [-0.25, -0.2) is 10.3 Å². The van der Waals surface area contributed by atoms with E-state index in [2.05, 4.69) is 20.5 Å². The molecule has 4 N–H and O–H groups in total. The summed E-state index contributed by atoms with van der Waals surface area (Å²) in [5.41, 5.74) is 7.18. The van der Waals surface area contributed by atoms with Gasteiger partial charge in [-0.05, 0) is 12.1 Å². The summed E-state index contributed by atoms with van der Waals surface area (Å²) in [6.07, 6.45) is 0. The second-order valence-electron chi connectivity index (χ2n) is 2.45. The Hall–Kier alpha value is -2.22. The van der Waals surface area contributed by atoms with Crippen molar-refractivity contribution in [3.05, 3.63) is 17.8 Å². The van der Waals surface area contributed by atoms with Crippen LogP contribution in [0.5, 0.6) is 0 Å². The SMILES string of the molecule is NC(=O)c1ccc(NOCC(=O)O)nn1. The molecule has 1 heterocycles. The van der Waals surface area contributed by atoms with Crippen LogP contribution in [-0.4, -0.2) is 33.8 Å². The molecule has 1 aromatic rings. The van der Waals surface area contributed by atoms with E-state index < -0.39 is 18.5 Å². The zero-order chi connectivity index (χ0) is 11.3. The zero-order valence-corrected chi connectivity index (χ0v) is 7.51. The molecule has 0 saturated carbocycles. The van der Waals surface area contributed by atoms with Crippen LogP contribution in [0.4, 0.5) is 5.82 Å². The van der Waals surface area contributed by atoms with E-state index in [4.69, 9.17) is 10.8 Å². The number of rotatable bonds is 5. The zero-order valence-electron chi connectivity index (χ0n) is 7.51. The van der Waals surface area contributed by atoms with E-state index in [9.17, 15) is 9.59 Å². The molecule has 0 aliphatic rings. The summed E-state index contributed by atoms with van der Waals surface area (Å²) < 4.78 is 0. The maximum atomic E-state index is 10.6. The lowest BCUT2D eigenvalue weighted by Gasteiger charge is -2.02. The molecule has 0 atom stereocenters. The first-order valence-corrected chi connectivity index (χ1v) is 3.82. The third-order valence-electron chi connectivity index (χ3n) is 1.29. The van der Waals surface area contributed by atoms with Crippen molar-refractivity contribution >= 4 is 17.7 Å². The number of aliphatic carboxylic acids is 1. The molecule has 1 rings (SSSR count). The molecule has 0 aliphatic heterocycles. The first-order valence-electron chi connectivity index (χ1n) is 3.82. The van der Waals surface area contributed by atoms with Crippen LogP contribution in [0.15, 0.2) is 12.1 Å². The minimum absolute atomic E-state index is 0.0128. The third-order valence-corrected chi connectivity index (χ3v) is 1.29. The summed E-state index contributed by atoms with van der Waals surface area (Å²) in [4.78, 5) is 25.2. The molecule has 0 aliphatic carbocycles. The summed E-state index contributed by atoms with van der Waals surface area (Å²) in [7, 11) is 0. The van der Waals surface area contributed by atoms with Crippen LogP contribution in [0.2, 0.25) is 0 Å². The van der Waals surface area contributed by atoms with Crippen molar-refractivity contribution < 1.29 is 19.5 Å². The summed E-state index contributed by atoms with van der Waals surface area (Å²) in [5, 5.41) is 15.2. The molecular weight excluding hydrogens is 204 g/mol. The fourth-order valence-corrected chi connectivity index (χ4v) is 0.690. The van der Waals surface area contributed by atoms with Crippen LogP contribution in [0.1, 0.15) is 10.5 Å². The first-order chi connectivity index (χ1) is 7.09. The van der Waals surface area contributed by atoms with Crippen molar-refractivity contribution in [2.24, 2.45) is 5.73 Å². The van der Waals surface area contributed by atoms with Crippen molar-refractivity contribution in [1.82, 2.24) is 10.2 Å². The molecule has 80 valence electrons. The van der Waals surface area contributed by atoms with Gasteiger partial charge in [-0.3, -0.25) is 9.63 Å². The highest BCUT2D eigenvalue weighted by Crippen LogP contribution is 2.00. The molecule has 0 aromatic carbocycles. The first kappa shape index (κ1) is 10.9. The van der Waals surface area contributed by atoms with Gasteiger partial charge >= 0.3 is 5.97 Å². The Bertz CT molecular complexity index is 364. The monoisotopic (exact) mass is 212 g/mol. The number of anilines is 1. The van der Waals surface area contributed by atoms with Gasteiger partial charge in [-0.15, -0.1) is 10.2 Å². The lowest BCUT2D eigenvalue weighted by molar-refractivity contribution is -0.141. The number of carboxylic acids is 1. The van der Waals surface area contributed by atoms with Crippen LogP contribution >= 0.6 is 0 Å². The van der Waals surface area contributed by atoms with Gasteiger partial charge in [0.1, 0.15) is 0 Å². The molecule has 0 spiro atoms. The van der Waals surface area contributed by atoms with Gasteiger partial charge in [0, 0.05) is 0 Å². The molecule has 0 saturated heterocycles. The van der Waals surface area contributed by atoms with Crippen LogP contribution in [0, 0.1) is 0 Å². The van der Waals surface area contributed by atoms with Crippen molar-refractivity contribution in [2.45, 2.75) is 0 Å². The number of amides is 1. The summed E-state index contributed by atoms with van der Waals surface area (Å²) in [5.74, 6) is -1.63. The van der Waals surface area contributed by atoms with Gasteiger partial charge in [0.25, 0.3) is 5.91 Å². The van der Waals surface area contributed by atoms with Crippen LogP contribution in [-0.2, 0) is 9.63 Å². The Morgan fingerprint density at radius 2 is 2.20 bits per heavy atom. The number of carboxylic acid groups (broad SMARTS) is 1. The van der Waals surface area contributed by atoms with Gasteiger partial charge in [-0.1, -0.05) is 0 Å². The number of nitrogens with zero attached hydrogens (tertiary/aromatic N) is 2. The Morgan fingerprint density at radius 1 is 1.47 bits per heavy atom. The normalized spacial score (nSPS) is 9.60. The summed E-state index contributed by atoms with van der Waals surface area (Å²) >= 11 is 0. The van der Waals surface area contributed by atoms with E-state index in [1.807, 2.05) is 0 Å². The minimum atomic E-state index is -1.12. The van der Waals surface area contributed by atoms with Gasteiger partial charge in [0.05, 0.1) is 0 Å². The Balaban J connectivity index is 2.50. The highest BCUT2D eigenvalue weighted by molar-refractivity contribution is 5.90. The topological polar surface area (TPSA) is 127 Å². The summed E-state index contributed by atoms with van der Waals surface area (Å²) in [6.45, 7) is -0.515. The molecule has 15 heavy (non-hydrogen) atoms. The number of hydrogen-bond acceptors (Lipinski definition) is 6. The number of carbonyl (C=O) groups excluding carboxylic acids is 1. The molecule has 8 nitrogen and oxygen atoms in total. The standard InChI is InChI=1S/C7H8N4O4/c8-7(14)4-1-2-5(10-9-4)11-15-3-6(12)13/h1-2H,3H2,(H2,8,14)(H,10,11)(H,12,13).